The topological polar surface area (TPSA) is 40.5 Å². The Morgan fingerprint density at radius 2 is 2.17 bits per heavy atom. The van der Waals surface area contributed by atoms with Gasteiger partial charge in [0.25, 0.3) is 0 Å². The van der Waals surface area contributed by atoms with Gasteiger partial charge >= 0.3 is 0 Å². The Morgan fingerprint density at radius 1 is 1.38 bits per heavy atom. The predicted molar refractivity (Wildman–Crippen MR) is 116 cm³/mol. The molecule has 0 aliphatic carbocycles. The molecule has 0 fully saturated rings. The first kappa shape index (κ1) is 23.2. The molecule has 0 spiro atoms. The normalized spacial score (nSPS) is 10.9. The highest BCUT2D eigenvalue weighted by Gasteiger charge is 2.05. The summed E-state index contributed by atoms with van der Waals surface area (Å²) in [5.74, 6) is 0.971. The molecule has 0 saturated carbocycles. The molecule has 1 aromatic heterocycles. The van der Waals surface area contributed by atoms with Gasteiger partial charge in [-0.15, -0.1) is 30.6 Å². The molecule has 0 amide bonds. The number of pyridine rings is 1. The van der Waals surface area contributed by atoms with Crippen molar-refractivity contribution in [2.24, 2.45) is 4.99 Å². The second-order valence-electron chi connectivity index (χ2n) is 5.53. The Bertz CT molecular complexity index is 476. The average molecular weight is 465 g/mol. The Kier molecular flexibility index (Phi) is 14.0. The van der Waals surface area contributed by atoms with Gasteiger partial charge in [-0.2, -0.15) is 0 Å². The third-order valence-electron chi connectivity index (χ3n) is 3.55. The zero-order valence-corrected chi connectivity index (χ0v) is 17.9. The fraction of sp³-hybridized carbons (Fsp3) is 0.556. The molecule has 0 unspecified atom stereocenters. The quantitative estimate of drug-likeness (QED) is 0.138. The Labute approximate surface area is 168 Å². The van der Waals surface area contributed by atoms with Crippen LogP contribution in [0.3, 0.4) is 0 Å². The summed E-state index contributed by atoms with van der Waals surface area (Å²) in [7, 11) is 2.10. The Morgan fingerprint density at radius 3 is 2.79 bits per heavy atom. The first-order valence-electron chi connectivity index (χ1n) is 8.38. The second-order valence-corrected chi connectivity index (χ2v) is 5.92. The van der Waals surface area contributed by atoms with E-state index in [1.165, 1.54) is 19.3 Å². The largest absolute Gasteiger partial charge is 0.357 e. The van der Waals surface area contributed by atoms with Crippen LogP contribution in [0.4, 0.5) is 0 Å². The van der Waals surface area contributed by atoms with Crippen molar-refractivity contribution in [1.82, 2.24) is 15.2 Å². The SMILES string of the molecule is C=CCCCCCN(C)C(=NCCc1ccc(Cl)nc1)NCC.I. The van der Waals surface area contributed by atoms with Gasteiger partial charge in [0.2, 0.25) is 0 Å². The van der Waals surface area contributed by atoms with E-state index in [0.717, 1.165) is 44.0 Å². The molecule has 1 heterocycles. The molecular weight excluding hydrogens is 435 g/mol. The summed E-state index contributed by atoms with van der Waals surface area (Å²) in [5, 5.41) is 3.88. The van der Waals surface area contributed by atoms with E-state index in [4.69, 9.17) is 16.6 Å². The molecule has 0 atom stereocenters. The number of halogens is 2. The van der Waals surface area contributed by atoms with Crippen LogP contribution in [-0.2, 0) is 6.42 Å². The maximum atomic E-state index is 5.80. The van der Waals surface area contributed by atoms with E-state index < -0.39 is 0 Å². The predicted octanol–water partition coefficient (Wildman–Crippen LogP) is 4.54. The molecule has 6 heteroatoms. The van der Waals surface area contributed by atoms with Crippen molar-refractivity contribution >= 4 is 41.5 Å². The number of hydrogen-bond acceptors (Lipinski definition) is 2. The van der Waals surface area contributed by atoms with Crippen molar-refractivity contribution in [3.8, 4) is 0 Å². The lowest BCUT2D eigenvalue weighted by Gasteiger charge is -2.22. The number of hydrogen-bond donors (Lipinski definition) is 1. The summed E-state index contributed by atoms with van der Waals surface area (Å²) in [6.07, 6.45) is 9.39. The fourth-order valence-electron chi connectivity index (χ4n) is 2.24. The lowest BCUT2D eigenvalue weighted by atomic mass is 10.2. The third-order valence-corrected chi connectivity index (χ3v) is 3.77. The first-order valence-corrected chi connectivity index (χ1v) is 8.76. The minimum absolute atomic E-state index is 0. The number of nitrogens with one attached hydrogen (secondary N) is 1. The first-order chi connectivity index (χ1) is 11.2. The van der Waals surface area contributed by atoms with Gasteiger partial charge in [0.15, 0.2) is 5.96 Å². The van der Waals surface area contributed by atoms with Gasteiger partial charge in [-0.3, -0.25) is 4.99 Å². The number of nitrogens with zero attached hydrogens (tertiary/aromatic N) is 3. The lowest BCUT2D eigenvalue weighted by molar-refractivity contribution is 0.455. The van der Waals surface area contributed by atoms with E-state index in [-0.39, 0.29) is 24.0 Å². The van der Waals surface area contributed by atoms with Crippen LogP contribution in [0.5, 0.6) is 0 Å². The third kappa shape index (κ3) is 10.1. The summed E-state index contributed by atoms with van der Waals surface area (Å²) in [4.78, 5) is 11.0. The monoisotopic (exact) mass is 464 g/mol. The van der Waals surface area contributed by atoms with E-state index in [0.29, 0.717) is 5.15 Å². The molecule has 1 rings (SSSR count). The number of allylic oxidation sites excluding steroid dienone is 1. The van der Waals surface area contributed by atoms with Gasteiger partial charge < -0.3 is 10.2 Å². The molecule has 0 aromatic carbocycles. The standard InChI is InChI=1S/C18H29ClN4.HI/c1-4-6-7-8-9-14-23(3)18(20-5-2)21-13-12-16-10-11-17(19)22-15-16;/h4,10-11,15H,1,5-9,12-14H2,2-3H3,(H,20,21);1H. The molecule has 136 valence electrons. The fourth-order valence-corrected chi connectivity index (χ4v) is 2.35. The van der Waals surface area contributed by atoms with Crippen molar-refractivity contribution < 1.29 is 0 Å². The average Bonchev–Trinajstić information content (AvgIpc) is 2.55. The van der Waals surface area contributed by atoms with Crippen LogP contribution in [0.1, 0.15) is 38.2 Å². The maximum Gasteiger partial charge on any atom is 0.193 e. The summed E-state index contributed by atoms with van der Waals surface area (Å²) in [6, 6.07) is 3.82. The van der Waals surface area contributed by atoms with E-state index in [2.05, 4.69) is 35.8 Å². The van der Waals surface area contributed by atoms with E-state index in [1.54, 1.807) is 0 Å². The smallest absolute Gasteiger partial charge is 0.193 e. The molecule has 1 N–H and O–H groups in total. The van der Waals surface area contributed by atoms with Crippen molar-refractivity contribution in [3.63, 3.8) is 0 Å². The highest BCUT2D eigenvalue weighted by atomic mass is 127. The van der Waals surface area contributed by atoms with Crippen molar-refractivity contribution in [1.29, 1.82) is 0 Å². The Balaban J connectivity index is 0.00000529. The highest BCUT2D eigenvalue weighted by molar-refractivity contribution is 14.0. The van der Waals surface area contributed by atoms with Gasteiger partial charge in [-0.1, -0.05) is 30.2 Å². The van der Waals surface area contributed by atoms with Gasteiger partial charge in [0.05, 0.1) is 0 Å². The molecule has 0 saturated heterocycles. The molecule has 4 nitrogen and oxygen atoms in total. The number of guanidine groups is 1. The zero-order valence-electron chi connectivity index (χ0n) is 14.8. The number of aliphatic imine (C=N–C) groups is 1. The van der Waals surface area contributed by atoms with Gasteiger partial charge in [-0.05, 0) is 44.2 Å². The summed E-state index contributed by atoms with van der Waals surface area (Å²) in [6.45, 7) is 8.49. The van der Waals surface area contributed by atoms with Crippen LogP contribution in [0, 0.1) is 0 Å². The van der Waals surface area contributed by atoms with Crippen molar-refractivity contribution in [2.75, 3.05) is 26.7 Å². The summed E-state index contributed by atoms with van der Waals surface area (Å²) < 4.78 is 0. The van der Waals surface area contributed by atoms with Crippen LogP contribution in [0.15, 0.2) is 36.0 Å². The lowest BCUT2D eigenvalue weighted by Crippen LogP contribution is -2.39. The molecule has 24 heavy (non-hydrogen) atoms. The molecule has 0 aliphatic rings. The van der Waals surface area contributed by atoms with E-state index in [9.17, 15) is 0 Å². The minimum Gasteiger partial charge on any atom is -0.357 e. The van der Waals surface area contributed by atoms with Crippen LogP contribution >= 0.6 is 35.6 Å². The minimum atomic E-state index is 0. The molecule has 0 radical (unpaired) electrons. The number of aromatic nitrogens is 1. The zero-order chi connectivity index (χ0) is 16.9. The number of unbranched alkanes of at least 4 members (excludes halogenated alkanes) is 3. The van der Waals surface area contributed by atoms with Gasteiger partial charge in [-0.25, -0.2) is 4.98 Å². The van der Waals surface area contributed by atoms with Gasteiger partial charge in [0.1, 0.15) is 5.15 Å². The van der Waals surface area contributed by atoms with Crippen LogP contribution < -0.4 is 5.32 Å². The number of rotatable bonds is 10. The Hall–Kier alpha value is -0.820. The molecule has 1 aromatic rings. The van der Waals surface area contributed by atoms with Crippen LogP contribution in [0.25, 0.3) is 0 Å². The molecule has 0 bridgehead atoms. The van der Waals surface area contributed by atoms with Crippen molar-refractivity contribution in [3.05, 3.63) is 41.7 Å². The maximum absolute atomic E-state index is 5.80. The van der Waals surface area contributed by atoms with Crippen molar-refractivity contribution in [2.45, 2.75) is 39.0 Å². The molecular formula is C18H30ClIN4. The second kappa shape index (κ2) is 14.5. The molecule has 0 aliphatic heterocycles. The highest BCUT2D eigenvalue weighted by Crippen LogP contribution is 2.06. The summed E-state index contributed by atoms with van der Waals surface area (Å²) in [5.41, 5.74) is 1.15. The van der Waals surface area contributed by atoms with Crippen LogP contribution in [0.2, 0.25) is 5.15 Å². The summed E-state index contributed by atoms with van der Waals surface area (Å²) >= 11 is 5.80. The van der Waals surface area contributed by atoms with E-state index >= 15 is 0 Å². The van der Waals surface area contributed by atoms with Crippen LogP contribution in [-0.4, -0.2) is 42.5 Å². The van der Waals surface area contributed by atoms with Gasteiger partial charge in [0, 0.05) is 32.9 Å². The van der Waals surface area contributed by atoms with E-state index in [1.807, 2.05) is 24.4 Å².